The fourth-order valence-corrected chi connectivity index (χ4v) is 4.00. The monoisotopic (exact) mass is 350 g/mol. The van der Waals surface area contributed by atoms with E-state index in [1.54, 1.807) is 0 Å². The minimum Gasteiger partial charge on any atom is -0.381 e. The Balaban J connectivity index is 3.34. The van der Waals surface area contributed by atoms with E-state index in [0.717, 1.165) is 13.0 Å². The van der Waals surface area contributed by atoms with Gasteiger partial charge < -0.3 is 13.8 Å². The minimum absolute atomic E-state index is 0.354. The fraction of sp³-hybridized carbons (Fsp3) is 1.00. The number of hydrogen-bond donors (Lipinski definition) is 0. The highest BCUT2D eigenvalue weighted by Crippen LogP contribution is 2.47. The van der Waals surface area contributed by atoms with E-state index in [1.807, 2.05) is 13.8 Å². The highest BCUT2D eigenvalue weighted by molar-refractivity contribution is 7.53. The van der Waals surface area contributed by atoms with Gasteiger partial charge in [0.15, 0.2) is 0 Å². The van der Waals surface area contributed by atoms with Gasteiger partial charge in [-0.25, -0.2) is 0 Å². The van der Waals surface area contributed by atoms with Crippen LogP contribution < -0.4 is 0 Å². The summed E-state index contributed by atoms with van der Waals surface area (Å²) in [6, 6.07) is 0. The summed E-state index contributed by atoms with van der Waals surface area (Å²) in [5, 5.41) is 0. The molecule has 0 unspecified atom stereocenters. The molecular weight excluding hydrogens is 311 g/mol. The van der Waals surface area contributed by atoms with Crippen LogP contribution in [-0.2, 0) is 18.3 Å². The molecular formula is C18H39O4P. The zero-order chi connectivity index (χ0) is 17.2. The standard InChI is InChI=1S/C18H39O4P/c1-4-7-8-9-10-11-12-13-14-15-16-20-17-18-23(19,21-5-2)22-6-3/h4-18H2,1-3H3. The second-order valence-corrected chi connectivity index (χ2v) is 8.15. The van der Waals surface area contributed by atoms with Crippen molar-refractivity contribution in [2.75, 3.05) is 32.6 Å². The molecule has 0 aliphatic carbocycles. The lowest BCUT2D eigenvalue weighted by Crippen LogP contribution is -2.07. The highest BCUT2D eigenvalue weighted by Gasteiger charge is 2.22. The smallest absolute Gasteiger partial charge is 0.332 e. The molecule has 0 aromatic rings. The number of unbranched alkanes of at least 4 members (excludes halogenated alkanes) is 9. The first-order chi connectivity index (χ1) is 11.2. The first-order valence-corrected chi connectivity index (χ1v) is 11.4. The molecule has 0 atom stereocenters. The van der Waals surface area contributed by atoms with Crippen molar-refractivity contribution < 1.29 is 18.3 Å². The molecule has 0 amide bonds. The summed E-state index contributed by atoms with van der Waals surface area (Å²) in [6.07, 6.45) is 13.6. The topological polar surface area (TPSA) is 44.8 Å². The van der Waals surface area contributed by atoms with Crippen molar-refractivity contribution in [3.05, 3.63) is 0 Å². The van der Waals surface area contributed by atoms with E-state index in [4.69, 9.17) is 13.8 Å². The van der Waals surface area contributed by atoms with Crippen molar-refractivity contribution in [3.8, 4) is 0 Å². The fourth-order valence-electron chi connectivity index (χ4n) is 2.53. The van der Waals surface area contributed by atoms with E-state index in [1.165, 1.54) is 57.8 Å². The van der Waals surface area contributed by atoms with E-state index in [2.05, 4.69) is 6.92 Å². The number of hydrogen-bond acceptors (Lipinski definition) is 4. The quantitative estimate of drug-likeness (QED) is 0.218. The first kappa shape index (κ1) is 23.1. The van der Waals surface area contributed by atoms with Crippen molar-refractivity contribution in [2.24, 2.45) is 0 Å². The Morgan fingerprint density at radius 3 is 1.61 bits per heavy atom. The van der Waals surface area contributed by atoms with Crippen LogP contribution in [0.15, 0.2) is 0 Å². The van der Waals surface area contributed by atoms with Gasteiger partial charge in [0.25, 0.3) is 0 Å². The van der Waals surface area contributed by atoms with Crippen LogP contribution in [0.3, 0.4) is 0 Å². The zero-order valence-corrected chi connectivity index (χ0v) is 16.6. The molecule has 0 spiro atoms. The first-order valence-electron chi connectivity index (χ1n) is 9.64. The maximum absolute atomic E-state index is 12.2. The van der Waals surface area contributed by atoms with Crippen LogP contribution in [0.2, 0.25) is 0 Å². The summed E-state index contributed by atoms with van der Waals surface area (Å²) >= 11 is 0. The summed E-state index contributed by atoms with van der Waals surface area (Å²) in [7, 11) is -2.93. The molecule has 140 valence electrons. The van der Waals surface area contributed by atoms with Crippen LogP contribution in [0.4, 0.5) is 0 Å². The van der Waals surface area contributed by atoms with E-state index in [9.17, 15) is 4.57 Å². The largest absolute Gasteiger partial charge is 0.381 e. The molecule has 0 bridgehead atoms. The second-order valence-electron chi connectivity index (χ2n) is 5.96. The van der Waals surface area contributed by atoms with Crippen molar-refractivity contribution in [1.82, 2.24) is 0 Å². The zero-order valence-electron chi connectivity index (χ0n) is 15.7. The third-order valence-corrected chi connectivity index (χ3v) is 5.84. The maximum Gasteiger partial charge on any atom is 0.332 e. The molecule has 0 aromatic carbocycles. The van der Waals surface area contributed by atoms with E-state index in [0.29, 0.717) is 26.0 Å². The van der Waals surface area contributed by atoms with Gasteiger partial charge in [-0.1, -0.05) is 64.7 Å². The Morgan fingerprint density at radius 1 is 0.652 bits per heavy atom. The van der Waals surface area contributed by atoms with Gasteiger partial charge in [0.1, 0.15) is 0 Å². The second kappa shape index (κ2) is 17.0. The van der Waals surface area contributed by atoms with Crippen LogP contribution in [0, 0.1) is 0 Å². The van der Waals surface area contributed by atoms with E-state index in [-0.39, 0.29) is 0 Å². The van der Waals surface area contributed by atoms with Crippen molar-refractivity contribution in [2.45, 2.75) is 85.0 Å². The van der Waals surface area contributed by atoms with E-state index < -0.39 is 7.60 Å². The van der Waals surface area contributed by atoms with Crippen LogP contribution in [0.25, 0.3) is 0 Å². The van der Waals surface area contributed by atoms with Gasteiger partial charge in [-0.15, -0.1) is 0 Å². The van der Waals surface area contributed by atoms with Crippen LogP contribution >= 0.6 is 7.60 Å². The van der Waals surface area contributed by atoms with Gasteiger partial charge in [-0.05, 0) is 20.3 Å². The summed E-state index contributed by atoms with van der Waals surface area (Å²) < 4.78 is 28.2. The summed E-state index contributed by atoms with van der Waals surface area (Å²) in [6.45, 7) is 7.94. The predicted molar refractivity (Wildman–Crippen MR) is 98.4 cm³/mol. The maximum atomic E-state index is 12.2. The Kier molecular flexibility index (Phi) is 17.0. The van der Waals surface area contributed by atoms with Gasteiger partial charge in [0.05, 0.1) is 26.0 Å². The summed E-state index contributed by atoms with van der Waals surface area (Å²) in [5.74, 6) is 0. The Labute approximate surface area is 144 Å². The van der Waals surface area contributed by atoms with Crippen LogP contribution in [0.1, 0.15) is 85.0 Å². The molecule has 0 saturated heterocycles. The SMILES string of the molecule is CCCCCCCCCCCCOCCP(=O)(OCC)OCC. The third kappa shape index (κ3) is 15.4. The Morgan fingerprint density at radius 2 is 1.13 bits per heavy atom. The molecule has 0 aliphatic rings. The van der Waals surface area contributed by atoms with Crippen LogP contribution in [0.5, 0.6) is 0 Å². The molecule has 5 heteroatoms. The predicted octanol–water partition coefficient (Wildman–Crippen LogP) is 6.19. The minimum atomic E-state index is -2.93. The Hall–Kier alpha value is 0.110. The Bertz CT molecular complexity index is 274. The molecule has 0 fully saturated rings. The van der Waals surface area contributed by atoms with Gasteiger partial charge in [-0.2, -0.15) is 0 Å². The molecule has 0 rings (SSSR count). The lowest BCUT2D eigenvalue weighted by Gasteiger charge is -2.16. The van der Waals surface area contributed by atoms with Gasteiger partial charge in [-0.3, -0.25) is 4.57 Å². The van der Waals surface area contributed by atoms with E-state index >= 15 is 0 Å². The van der Waals surface area contributed by atoms with Crippen molar-refractivity contribution in [1.29, 1.82) is 0 Å². The molecule has 0 radical (unpaired) electrons. The van der Waals surface area contributed by atoms with Crippen molar-refractivity contribution in [3.63, 3.8) is 0 Å². The van der Waals surface area contributed by atoms with Crippen LogP contribution in [-0.4, -0.2) is 32.6 Å². The average Bonchev–Trinajstić information content (AvgIpc) is 2.52. The summed E-state index contributed by atoms with van der Waals surface area (Å²) in [5.41, 5.74) is 0. The highest BCUT2D eigenvalue weighted by atomic mass is 31.2. The molecule has 0 saturated carbocycles. The molecule has 0 aromatic heterocycles. The summed E-state index contributed by atoms with van der Waals surface area (Å²) in [4.78, 5) is 0. The molecule has 0 aliphatic heterocycles. The van der Waals surface area contributed by atoms with Gasteiger partial charge in [0.2, 0.25) is 0 Å². The molecule has 4 nitrogen and oxygen atoms in total. The lowest BCUT2D eigenvalue weighted by atomic mass is 10.1. The number of ether oxygens (including phenoxy) is 1. The van der Waals surface area contributed by atoms with Gasteiger partial charge >= 0.3 is 7.60 Å². The molecule has 0 N–H and O–H groups in total. The van der Waals surface area contributed by atoms with Crippen molar-refractivity contribution >= 4 is 7.60 Å². The normalized spacial score (nSPS) is 12.0. The average molecular weight is 350 g/mol. The molecule has 23 heavy (non-hydrogen) atoms. The lowest BCUT2D eigenvalue weighted by molar-refractivity contribution is 0.135. The third-order valence-electron chi connectivity index (χ3n) is 3.80. The van der Waals surface area contributed by atoms with Gasteiger partial charge in [0, 0.05) is 6.61 Å². The molecule has 0 heterocycles. The number of rotatable bonds is 18.